The van der Waals surface area contributed by atoms with E-state index in [-0.39, 0.29) is 12.6 Å². The minimum absolute atomic E-state index is 0.0362. The molecule has 2 N–H and O–H groups in total. The average molecular weight is 256 g/mol. The largest absolute Gasteiger partial charge is 0.395 e. The fourth-order valence-corrected chi connectivity index (χ4v) is 1.68. The van der Waals surface area contributed by atoms with Crippen LogP contribution in [0.2, 0.25) is 0 Å². The third kappa shape index (κ3) is 5.12. The van der Waals surface area contributed by atoms with Crippen molar-refractivity contribution in [2.45, 2.75) is 39.4 Å². The Kier molecular flexibility index (Phi) is 6.85. The molecule has 0 amide bonds. The van der Waals surface area contributed by atoms with E-state index in [2.05, 4.69) is 29.2 Å². The molecule has 1 unspecified atom stereocenters. The van der Waals surface area contributed by atoms with Crippen molar-refractivity contribution in [3.63, 3.8) is 0 Å². The van der Waals surface area contributed by atoms with Crippen LogP contribution in [-0.4, -0.2) is 46.2 Å². The second kappa shape index (κ2) is 8.18. The van der Waals surface area contributed by atoms with Gasteiger partial charge in [-0.2, -0.15) is 5.10 Å². The number of nitrogens with one attached hydrogen (secondary N) is 1. The highest BCUT2D eigenvalue weighted by molar-refractivity contribution is 4.85. The highest BCUT2D eigenvalue weighted by Gasteiger charge is 2.10. The SMILES string of the molecule is COCCC(CO)NCc1ncnn1CC(C)C. The van der Waals surface area contributed by atoms with Crippen LogP contribution < -0.4 is 5.32 Å². The molecule has 0 spiro atoms. The predicted octanol–water partition coefficient (Wildman–Crippen LogP) is 0.421. The van der Waals surface area contributed by atoms with Crippen molar-refractivity contribution < 1.29 is 9.84 Å². The molecule has 0 aliphatic heterocycles. The molecule has 0 aliphatic carbocycles. The number of rotatable bonds is 9. The van der Waals surface area contributed by atoms with E-state index in [4.69, 9.17) is 4.74 Å². The smallest absolute Gasteiger partial charge is 0.140 e. The van der Waals surface area contributed by atoms with Crippen molar-refractivity contribution in [3.8, 4) is 0 Å². The standard InChI is InChI=1S/C12H24N4O2/c1-10(2)7-16-12(14-9-15-16)6-13-11(8-17)4-5-18-3/h9-11,13,17H,4-8H2,1-3H3. The van der Waals surface area contributed by atoms with Gasteiger partial charge < -0.3 is 15.2 Å². The quantitative estimate of drug-likeness (QED) is 0.670. The fraction of sp³-hybridized carbons (Fsp3) is 0.833. The lowest BCUT2D eigenvalue weighted by molar-refractivity contribution is 0.158. The van der Waals surface area contributed by atoms with Gasteiger partial charge in [0.1, 0.15) is 12.2 Å². The molecule has 104 valence electrons. The lowest BCUT2D eigenvalue weighted by Crippen LogP contribution is -2.34. The zero-order valence-electron chi connectivity index (χ0n) is 11.5. The van der Waals surface area contributed by atoms with Gasteiger partial charge in [-0.25, -0.2) is 9.67 Å². The van der Waals surface area contributed by atoms with E-state index in [1.54, 1.807) is 13.4 Å². The molecule has 0 aromatic carbocycles. The lowest BCUT2D eigenvalue weighted by Gasteiger charge is -2.16. The van der Waals surface area contributed by atoms with E-state index < -0.39 is 0 Å². The molecule has 1 heterocycles. The first-order valence-corrected chi connectivity index (χ1v) is 6.37. The number of aliphatic hydroxyl groups is 1. The summed E-state index contributed by atoms with van der Waals surface area (Å²) < 4.78 is 6.91. The summed E-state index contributed by atoms with van der Waals surface area (Å²) >= 11 is 0. The summed E-state index contributed by atoms with van der Waals surface area (Å²) in [6.45, 7) is 6.50. The van der Waals surface area contributed by atoms with Gasteiger partial charge in [0.25, 0.3) is 0 Å². The number of aliphatic hydroxyl groups excluding tert-OH is 1. The Labute approximate surface area is 108 Å². The van der Waals surface area contributed by atoms with Gasteiger partial charge in [0, 0.05) is 26.3 Å². The Balaban J connectivity index is 2.43. The number of nitrogens with zero attached hydrogens (tertiary/aromatic N) is 3. The monoisotopic (exact) mass is 256 g/mol. The number of hydrogen-bond acceptors (Lipinski definition) is 5. The van der Waals surface area contributed by atoms with Crippen molar-refractivity contribution in [1.82, 2.24) is 20.1 Å². The average Bonchev–Trinajstić information content (AvgIpc) is 2.76. The van der Waals surface area contributed by atoms with Crippen LogP contribution in [0.4, 0.5) is 0 Å². The summed E-state index contributed by atoms with van der Waals surface area (Å²) in [4.78, 5) is 4.23. The molecule has 18 heavy (non-hydrogen) atoms. The van der Waals surface area contributed by atoms with E-state index in [9.17, 15) is 5.11 Å². The molecule has 1 atom stereocenters. The summed E-state index contributed by atoms with van der Waals surface area (Å²) in [5.74, 6) is 1.44. The predicted molar refractivity (Wildman–Crippen MR) is 69.1 cm³/mol. The van der Waals surface area contributed by atoms with Crippen LogP contribution in [0, 0.1) is 5.92 Å². The Morgan fingerprint density at radius 3 is 2.89 bits per heavy atom. The van der Waals surface area contributed by atoms with Gasteiger partial charge in [-0.1, -0.05) is 13.8 Å². The van der Waals surface area contributed by atoms with Gasteiger partial charge in [-0.05, 0) is 12.3 Å². The van der Waals surface area contributed by atoms with Crippen LogP contribution in [0.15, 0.2) is 6.33 Å². The maximum Gasteiger partial charge on any atom is 0.140 e. The van der Waals surface area contributed by atoms with Crippen LogP contribution in [0.5, 0.6) is 0 Å². The fourth-order valence-electron chi connectivity index (χ4n) is 1.68. The van der Waals surface area contributed by atoms with Gasteiger partial charge in [-0.3, -0.25) is 0 Å². The zero-order chi connectivity index (χ0) is 13.4. The van der Waals surface area contributed by atoms with Crippen LogP contribution in [0.3, 0.4) is 0 Å². The number of hydrogen-bond donors (Lipinski definition) is 2. The number of methoxy groups -OCH3 is 1. The lowest BCUT2D eigenvalue weighted by atomic mass is 10.2. The molecule has 0 bridgehead atoms. The molecule has 0 aliphatic rings. The summed E-state index contributed by atoms with van der Waals surface area (Å²) in [6.07, 6.45) is 2.35. The number of aromatic nitrogens is 3. The minimum Gasteiger partial charge on any atom is -0.395 e. The first-order chi connectivity index (χ1) is 8.67. The highest BCUT2D eigenvalue weighted by atomic mass is 16.5. The van der Waals surface area contributed by atoms with E-state index >= 15 is 0 Å². The first-order valence-electron chi connectivity index (χ1n) is 6.37. The Morgan fingerprint density at radius 1 is 1.50 bits per heavy atom. The normalized spacial score (nSPS) is 13.2. The van der Waals surface area contributed by atoms with E-state index in [0.29, 0.717) is 19.1 Å². The second-order valence-corrected chi connectivity index (χ2v) is 4.79. The highest BCUT2D eigenvalue weighted by Crippen LogP contribution is 2.02. The molecule has 6 nitrogen and oxygen atoms in total. The Morgan fingerprint density at radius 2 is 2.28 bits per heavy atom. The van der Waals surface area contributed by atoms with Gasteiger partial charge in [0.2, 0.25) is 0 Å². The van der Waals surface area contributed by atoms with E-state index in [1.807, 2.05) is 4.68 Å². The molecule has 1 aromatic rings. The molecular formula is C12H24N4O2. The van der Waals surface area contributed by atoms with Crippen LogP contribution in [0.25, 0.3) is 0 Å². The topological polar surface area (TPSA) is 72.2 Å². The number of ether oxygens (including phenoxy) is 1. The third-order valence-corrected chi connectivity index (χ3v) is 2.67. The molecule has 0 radical (unpaired) electrons. The summed E-state index contributed by atoms with van der Waals surface area (Å²) in [7, 11) is 1.66. The molecular weight excluding hydrogens is 232 g/mol. The van der Waals surface area contributed by atoms with Crippen molar-refractivity contribution in [2.24, 2.45) is 5.92 Å². The van der Waals surface area contributed by atoms with Crippen molar-refractivity contribution in [2.75, 3.05) is 20.3 Å². The molecule has 1 aromatic heterocycles. The summed E-state index contributed by atoms with van der Waals surface area (Å²) in [5, 5.41) is 16.7. The van der Waals surface area contributed by atoms with Gasteiger partial charge in [-0.15, -0.1) is 0 Å². The zero-order valence-corrected chi connectivity index (χ0v) is 11.5. The van der Waals surface area contributed by atoms with Crippen LogP contribution >= 0.6 is 0 Å². The van der Waals surface area contributed by atoms with Gasteiger partial charge in [0.05, 0.1) is 13.2 Å². The first kappa shape index (κ1) is 15.1. The van der Waals surface area contributed by atoms with Gasteiger partial charge in [0.15, 0.2) is 0 Å². The maximum atomic E-state index is 9.24. The van der Waals surface area contributed by atoms with Crippen LogP contribution in [0.1, 0.15) is 26.1 Å². The van der Waals surface area contributed by atoms with Crippen molar-refractivity contribution >= 4 is 0 Å². The Hall–Kier alpha value is -0.980. The third-order valence-electron chi connectivity index (χ3n) is 2.67. The van der Waals surface area contributed by atoms with Gasteiger partial charge >= 0.3 is 0 Å². The molecule has 0 saturated carbocycles. The summed E-state index contributed by atoms with van der Waals surface area (Å²) in [5.41, 5.74) is 0. The van der Waals surface area contributed by atoms with Crippen molar-refractivity contribution in [1.29, 1.82) is 0 Å². The van der Waals surface area contributed by atoms with E-state index in [0.717, 1.165) is 18.8 Å². The molecule has 6 heteroatoms. The van der Waals surface area contributed by atoms with Crippen LogP contribution in [-0.2, 0) is 17.8 Å². The molecule has 0 fully saturated rings. The Bertz CT molecular complexity index is 328. The van der Waals surface area contributed by atoms with Crippen molar-refractivity contribution in [3.05, 3.63) is 12.2 Å². The minimum atomic E-state index is 0.0362. The van der Waals surface area contributed by atoms with E-state index in [1.165, 1.54) is 0 Å². The molecule has 0 saturated heterocycles. The second-order valence-electron chi connectivity index (χ2n) is 4.79. The molecule has 1 rings (SSSR count). The maximum absolute atomic E-state index is 9.24. The summed E-state index contributed by atoms with van der Waals surface area (Å²) in [6, 6.07) is 0.0362.